The minimum absolute atomic E-state index is 0.0862. The number of carbonyl (C=O) groups excluding carboxylic acids is 2. The molecule has 1 aliphatic rings. The number of amides is 3. The summed E-state index contributed by atoms with van der Waals surface area (Å²) in [6.07, 6.45) is 1.98. The Balaban J connectivity index is 1.53. The molecule has 3 N–H and O–H groups in total. The van der Waals surface area contributed by atoms with E-state index in [9.17, 15) is 19.5 Å². The minimum Gasteiger partial charge on any atom is -0.481 e. The van der Waals surface area contributed by atoms with Crippen molar-refractivity contribution < 1.29 is 29.0 Å². The van der Waals surface area contributed by atoms with Gasteiger partial charge < -0.3 is 30.1 Å². The van der Waals surface area contributed by atoms with Gasteiger partial charge in [0.2, 0.25) is 12.7 Å². The van der Waals surface area contributed by atoms with Crippen LogP contribution in [0.1, 0.15) is 54.5 Å². The molecule has 11 heteroatoms. The molecule has 3 atom stereocenters. The molecule has 2 aromatic heterocycles. The number of urea groups is 1. The van der Waals surface area contributed by atoms with E-state index in [1.165, 1.54) is 0 Å². The first kappa shape index (κ1) is 28.4. The van der Waals surface area contributed by atoms with Crippen molar-refractivity contribution in [1.82, 2.24) is 15.5 Å². The van der Waals surface area contributed by atoms with Gasteiger partial charge in [-0.05, 0) is 53.9 Å². The molecule has 1 unspecified atom stereocenters. The third-order valence-corrected chi connectivity index (χ3v) is 8.27. The van der Waals surface area contributed by atoms with Gasteiger partial charge in [-0.25, -0.2) is 4.79 Å². The molecule has 3 aromatic rings. The third-order valence-electron chi connectivity index (χ3n) is 6.54. The number of rotatable bonds is 13. The maximum absolute atomic E-state index is 13.6. The first-order chi connectivity index (χ1) is 18.9. The van der Waals surface area contributed by atoms with Crippen molar-refractivity contribution in [3.8, 4) is 11.5 Å². The van der Waals surface area contributed by atoms with E-state index in [1.807, 2.05) is 41.9 Å². The van der Waals surface area contributed by atoms with Crippen LogP contribution in [-0.2, 0) is 22.7 Å². The molecule has 1 aromatic carbocycles. The van der Waals surface area contributed by atoms with Crippen LogP contribution in [0, 0.1) is 5.92 Å². The Morgan fingerprint density at radius 1 is 1.00 bits per heavy atom. The zero-order valence-corrected chi connectivity index (χ0v) is 23.6. The van der Waals surface area contributed by atoms with Gasteiger partial charge >= 0.3 is 12.0 Å². The minimum atomic E-state index is -1.05. The van der Waals surface area contributed by atoms with Crippen molar-refractivity contribution in [2.75, 3.05) is 6.79 Å². The van der Waals surface area contributed by atoms with E-state index < -0.39 is 29.9 Å². The number of nitrogens with zero attached hydrogens (tertiary/aromatic N) is 1. The highest BCUT2D eigenvalue weighted by molar-refractivity contribution is 7.10. The number of benzene rings is 1. The van der Waals surface area contributed by atoms with Gasteiger partial charge in [-0.1, -0.05) is 38.0 Å². The standard InChI is InChI=1S/C28H33N3O6S2/c1-3-4-9-22(29-28(35)31(15-20-7-5-12-38-20)16-21-8-6-13-39-21)26(32)30-25(18(2)27(33)34)19-10-11-23-24(14-19)37-17-36-23/h5-8,10-14,18,22,25H,3-4,9,15-17H2,1-2H3,(H,29,35)(H,30,32)(H,33,34)/t18?,22-,25-/m0/s1. The fraction of sp³-hybridized carbons (Fsp3) is 0.393. The number of nitrogens with one attached hydrogen (secondary N) is 2. The molecular formula is C28H33N3O6S2. The lowest BCUT2D eigenvalue weighted by Crippen LogP contribution is -2.52. The summed E-state index contributed by atoms with van der Waals surface area (Å²) in [5.41, 5.74) is 0.583. The second-order valence-corrected chi connectivity index (χ2v) is 11.4. The van der Waals surface area contributed by atoms with Gasteiger partial charge in [-0.15, -0.1) is 22.7 Å². The number of fused-ring (bicyclic) bond motifs is 1. The summed E-state index contributed by atoms with van der Waals surface area (Å²) < 4.78 is 10.8. The average molecular weight is 572 g/mol. The van der Waals surface area contributed by atoms with E-state index in [4.69, 9.17) is 9.47 Å². The Bertz CT molecular complexity index is 1210. The van der Waals surface area contributed by atoms with Gasteiger partial charge in [0.15, 0.2) is 11.5 Å². The lowest BCUT2D eigenvalue weighted by molar-refractivity contribution is -0.142. The van der Waals surface area contributed by atoms with E-state index in [2.05, 4.69) is 10.6 Å². The molecular weight excluding hydrogens is 538 g/mol. The van der Waals surface area contributed by atoms with Crippen LogP contribution in [0.2, 0.25) is 0 Å². The number of thiophene rings is 2. The molecule has 208 valence electrons. The molecule has 0 radical (unpaired) electrons. The molecule has 3 heterocycles. The van der Waals surface area contributed by atoms with Crippen LogP contribution in [0.3, 0.4) is 0 Å². The van der Waals surface area contributed by atoms with Crippen LogP contribution in [0.15, 0.2) is 53.2 Å². The van der Waals surface area contributed by atoms with Gasteiger partial charge in [-0.3, -0.25) is 9.59 Å². The molecule has 0 saturated heterocycles. The quantitative estimate of drug-likeness (QED) is 0.253. The summed E-state index contributed by atoms with van der Waals surface area (Å²) in [5.74, 6) is -1.34. The topological polar surface area (TPSA) is 117 Å². The van der Waals surface area contributed by atoms with Crippen molar-refractivity contribution in [3.63, 3.8) is 0 Å². The van der Waals surface area contributed by atoms with Gasteiger partial charge in [0.25, 0.3) is 0 Å². The van der Waals surface area contributed by atoms with E-state index >= 15 is 0 Å². The highest BCUT2D eigenvalue weighted by Crippen LogP contribution is 2.36. The summed E-state index contributed by atoms with van der Waals surface area (Å²) in [4.78, 5) is 42.8. The van der Waals surface area contributed by atoms with Gasteiger partial charge in [0.1, 0.15) is 6.04 Å². The fourth-order valence-electron chi connectivity index (χ4n) is 4.30. The zero-order valence-electron chi connectivity index (χ0n) is 21.9. The van der Waals surface area contributed by atoms with Crippen molar-refractivity contribution >= 4 is 40.6 Å². The molecule has 0 bridgehead atoms. The van der Waals surface area contributed by atoms with Crippen molar-refractivity contribution in [1.29, 1.82) is 0 Å². The van der Waals surface area contributed by atoms with Crippen molar-refractivity contribution in [2.24, 2.45) is 5.92 Å². The number of unbranched alkanes of at least 4 members (excludes halogenated alkanes) is 1. The fourth-order valence-corrected chi connectivity index (χ4v) is 5.74. The monoisotopic (exact) mass is 571 g/mol. The highest BCUT2D eigenvalue weighted by Gasteiger charge is 2.32. The van der Waals surface area contributed by atoms with Gasteiger partial charge in [0.05, 0.1) is 25.0 Å². The predicted octanol–water partition coefficient (Wildman–Crippen LogP) is 5.39. The van der Waals surface area contributed by atoms with E-state index in [0.717, 1.165) is 22.6 Å². The van der Waals surface area contributed by atoms with Crippen LogP contribution < -0.4 is 20.1 Å². The number of ether oxygens (including phenoxy) is 2. The van der Waals surface area contributed by atoms with Gasteiger partial charge in [-0.2, -0.15) is 0 Å². The largest absolute Gasteiger partial charge is 0.481 e. The summed E-state index contributed by atoms with van der Waals surface area (Å²) in [7, 11) is 0. The Kier molecular flexibility index (Phi) is 9.83. The van der Waals surface area contributed by atoms with Crippen LogP contribution in [0.25, 0.3) is 0 Å². The Hall–Kier alpha value is -3.57. The maximum Gasteiger partial charge on any atom is 0.318 e. The van der Waals surface area contributed by atoms with E-state index in [-0.39, 0.29) is 12.8 Å². The summed E-state index contributed by atoms with van der Waals surface area (Å²) >= 11 is 3.14. The number of carboxylic acids is 1. The summed E-state index contributed by atoms with van der Waals surface area (Å²) in [6, 6.07) is 10.9. The lowest BCUT2D eigenvalue weighted by Gasteiger charge is -2.28. The number of carbonyl (C=O) groups is 3. The Morgan fingerprint density at radius 3 is 2.26 bits per heavy atom. The molecule has 39 heavy (non-hydrogen) atoms. The number of hydrogen-bond acceptors (Lipinski definition) is 7. The Morgan fingerprint density at radius 2 is 1.67 bits per heavy atom. The predicted molar refractivity (Wildman–Crippen MR) is 150 cm³/mol. The molecule has 9 nitrogen and oxygen atoms in total. The zero-order chi connectivity index (χ0) is 27.8. The molecule has 0 spiro atoms. The van der Waals surface area contributed by atoms with E-state index in [0.29, 0.717) is 36.6 Å². The Labute approximate surface area is 235 Å². The average Bonchev–Trinajstić information content (AvgIpc) is 3.71. The molecule has 1 aliphatic heterocycles. The van der Waals surface area contributed by atoms with Crippen LogP contribution in [-0.4, -0.2) is 40.7 Å². The maximum atomic E-state index is 13.6. The third kappa shape index (κ3) is 7.51. The summed E-state index contributed by atoms with van der Waals surface area (Å²) in [5, 5.41) is 19.6. The first-order valence-electron chi connectivity index (χ1n) is 12.9. The highest BCUT2D eigenvalue weighted by atomic mass is 32.1. The molecule has 0 saturated carbocycles. The normalized spacial score (nSPS) is 14.3. The van der Waals surface area contributed by atoms with Crippen LogP contribution in [0.4, 0.5) is 4.79 Å². The van der Waals surface area contributed by atoms with Crippen molar-refractivity contribution in [2.45, 2.75) is 58.3 Å². The number of hydrogen-bond donors (Lipinski definition) is 3. The van der Waals surface area contributed by atoms with Crippen molar-refractivity contribution in [3.05, 3.63) is 68.5 Å². The molecule has 4 rings (SSSR count). The second kappa shape index (κ2) is 13.5. The molecule has 0 fully saturated rings. The smallest absolute Gasteiger partial charge is 0.318 e. The van der Waals surface area contributed by atoms with Gasteiger partial charge in [0, 0.05) is 9.75 Å². The lowest BCUT2D eigenvalue weighted by atomic mass is 9.93. The first-order valence-corrected chi connectivity index (χ1v) is 14.6. The number of aliphatic carboxylic acids is 1. The molecule has 3 amide bonds. The number of carboxylic acid groups (broad SMARTS) is 1. The van der Waals surface area contributed by atoms with Crippen LogP contribution in [0.5, 0.6) is 11.5 Å². The molecule has 0 aliphatic carbocycles. The van der Waals surface area contributed by atoms with Crippen LogP contribution >= 0.6 is 22.7 Å². The van der Waals surface area contributed by atoms with E-state index in [1.54, 1.807) is 52.7 Å². The SMILES string of the molecule is CCCC[C@H](NC(=O)N(Cc1cccs1)Cc1cccs1)C(=O)N[C@H](c1ccc2c(c1)OCO2)C(C)C(=O)O. The summed E-state index contributed by atoms with van der Waals surface area (Å²) in [6.45, 7) is 4.47. The second-order valence-electron chi connectivity index (χ2n) is 9.38.